The molecule has 1 unspecified atom stereocenters. The molecule has 4 nitrogen and oxygen atoms in total. The number of halogens is 1. The zero-order valence-electron chi connectivity index (χ0n) is 12.1. The number of aromatic nitrogens is 3. The Balaban J connectivity index is 1.91. The van der Waals surface area contributed by atoms with Gasteiger partial charge in [0, 0.05) is 18.8 Å². The first-order valence-electron chi connectivity index (χ1n) is 7.32. The van der Waals surface area contributed by atoms with Crippen molar-refractivity contribution in [2.75, 3.05) is 19.6 Å². The van der Waals surface area contributed by atoms with Crippen molar-refractivity contribution in [2.45, 2.75) is 32.7 Å². The summed E-state index contributed by atoms with van der Waals surface area (Å²) in [6.07, 6.45) is 1.25. The minimum atomic E-state index is 0.444. The summed E-state index contributed by atoms with van der Waals surface area (Å²) in [7, 11) is 0. The third-order valence-corrected chi connectivity index (χ3v) is 4.43. The van der Waals surface area contributed by atoms with Crippen LogP contribution in [0.25, 0.3) is 11.2 Å². The van der Waals surface area contributed by atoms with Gasteiger partial charge in [-0.05, 0) is 44.5 Å². The van der Waals surface area contributed by atoms with Gasteiger partial charge in [0.05, 0.1) is 5.88 Å². The van der Waals surface area contributed by atoms with Gasteiger partial charge in [0.25, 0.3) is 0 Å². The lowest BCUT2D eigenvalue weighted by Crippen LogP contribution is -2.21. The van der Waals surface area contributed by atoms with Crippen LogP contribution in [-0.2, 0) is 12.4 Å². The first-order chi connectivity index (χ1) is 9.71. The molecule has 0 aromatic carbocycles. The van der Waals surface area contributed by atoms with E-state index in [1.807, 2.05) is 19.1 Å². The Morgan fingerprint density at radius 1 is 1.35 bits per heavy atom. The van der Waals surface area contributed by atoms with Gasteiger partial charge < -0.3 is 9.47 Å². The summed E-state index contributed by atoms with van der Waals surface area (Å²) in [6, 6.07) is 4.04. The molecule has 0 amide bonds. The fourth-order valence-electron chi connectivity index (χ4n) is 3.04. The van der Waals surface area contributed by atoms with Crippen LogP contribution in [0.15, 0.2) is 12.1 Å². The molecule has 1 fully saturated rings. The second kappa shape index (κ2) is 5.70. The number of imidazole rings is 1. The van der Waals surface area contributed by atoms with Crippen molar-refractivity contribution >= 4 is 22.8 Å². The molecule has 20 heavy (non-hydrogen) atoms. The average molecular weight is 293 g/mol. The molecule has 0 spiro atoms. The van der Waals surface area contributed by atoms with Crippen molar-refractivity contribution in [3.63, 3.8) is 0 Å². The summed E-state index contributed by atoms with van der Waals surface area (Å²) >= 11 is 6.06. The highest BCUT2D eigenvalue weighted by Gasteiger charge is 2.23. The van der Waals surface area contributed by atoms with Crippen molar-refractivity contribution < 1.29 is 0 Å². The number of rotatable bonds is 4. The van der Waals surface area contributed by atoms with E-state index in [0.717, 1.165) is 35.8 Å². The van der Waals surface area contributed by atoms with Gasteiger partial charge in [-0.25, -0.2) is 9.97 Å². The van der Waals surface area contributed by atoms with Gasteiger partial charge in [-0.2, -0.15) is 0 Å². The van der Waals surface area contributed by atoms with E-state index in [1.54, 1.807) is 0 Å². The Hall–Kier alpha value is -1.13. The molecule has 2 aromatic heterocycles. The Kier molecular flexibility index (Phi) is 3.94. The van der Waals surface area contributed by atoms with Gasteiger partial charge in [0.15, 0.2) is 5.65 Å². The van der Waals surface area contributed by atoms with Crippen LogP contribution in [-0.4, -0.2) is 39.1 Å². The number of aryl methyl sites for hydroxylation is 1. The van der Waals surface area contributed by atoms with Crippen LogP contribution in [0.4, 0.5) is 0 Å². The fraction of sp³-hybridized carbons (Fsp3) is 0.600. The number of fused-ring (bicyclic) bond motifs is 1. The highest BCUT2D eigenvalue weighted by molar-refractivity contribution is 6.16. The van der Waals surface area contributed by atoms with Crippen molar-refractivity contribution in [2.24, 2.45) is 5.92 Å². The molecule has 1 aliphatic rings. The molecule has 1 saturated heterocycles. The minimum absolute atomic E-state index is 0.444. The second-order valence-electron chi connectivity index (χ2n) is 5.62. The lowest BCUT2D eigenvalue weighted by atomic mass is 10.1. The zero-order chi connectivity index (χ0) is 14.1. The number of nitrogens with zero attached hydrogens (tertiary/aromatic N) is 4. The maximum Gasteiger partial charge on any atom is 0.160 e. The number of hydrogen-bond donors (Lipinski definition) is 0. The molecule has 0 aliphatic carbocycles. The lowest BCUT2D eigenvalue weighted by molar-refractivity contribution is 0.332. The van der Waals surface area contributed by atoms with E-state index < -0.39 is 0 Å². The Morgan fingerprint density at radius 3 is 2.90 bits per heavy atom. The van der Waals surface area contributed by atoms with Crippen molar-refractivity contribution in [1.82, 2.24) is 19.4 Å². The highest BCUT2D eigenvalue weighted by Crippen LogP contribution is 2.22. The van der Waals surface area contributed by atoms with Gasteiger partial charge >= 0.3 is 0 Å². The molecule has 2 aromatic rings. The smallest absolute Gasteiger partial charge is 0.160 e. The summed E-state index contributed by atoms with van der Waals surface area (Å²) < 4.78 is 2.22. The number of likely N-dealkylation sites (tertiary alicyclic amines) is 1. The minimum Gasteiger partial charge on any atom is -0.311 e. The van der Waals surface area contributed by atoms with E-state index in [4.69, 9.17) is 11.6 Å². The largest absolute Gasteiger partial charge is 0.311 e. The Labute approximate surface area is 124 Å². The van der Waals surface area contributed by atoms with Crippen molar-refractivity contribution in [3.8, 4) is 0 Å². The third kappa shape index (κ3) is 2.54. The molecular formula is C15H21ClN4. The Bertz CT molecular complexity index is 607. The molecule has 0 N–H and O–H groups in total. The average Bonchev–Trinajstić information content (AvgIpc) is 3.04. The van der Waals surface area contributed by atoms with Crippen LogP contribution < -0.4 is 0 Å². The maximum absolute atomic E-state index is 6.06. The number of alkyl halides is 1. The van der Waals surface area contributed by atoms with Crippen LogP contribution in [0.3, 0.4) is 0 Å². The fourth-order valence-corrected chi connectivity index (χ4v) is 3.25. The molecule has 0 bridgehead atoms. The molecule has 108 valence electrons. The van der Waals surface area contributed by atoms with Gasteiger partial charge in [0.1, 0.15) is 11.3 Å². The summed E-state index contributed by atoms with van der Waals surface area (Å²) in [4.78, 5) is 11.8. The quantitative estimate of drug-likeness (QED) is 0.813. The van der Waals surface area contributed by atoms with Gasteiger partial charge in [0.2, 0.25) is 0 Å². The summed E-state index contributed by atoms with van der Waals surface area (Å²) in [5, 5.41) is 0. The predicted molar refractivity (Wildman–Crippen MR) is 82.0 cm³/mol. The normalized spacial score (nSPS) is 20.1. The molecule has 3 rings (SSSR count). The van der Waals surface area contributed by atoms with E-state index >= 15 is 0 Å². The van der Waals surface area contributed by atoms with E-state index in [2.05, 4.69) is 26.4 Å². The molecule has 1 aliphatic heterocycles. The van der Waals surface area contributed by atoms with Gasteiger partial charge in [-0.15, -0.1) is 11.6 Å². The van der Waals surface area contributed by atoms with E-state index in [1.165, 1.54) is 19.5 Å². The summed E-state index contributed by atoms with van der Waals surface area (Å²) in [5.74, 6) is 2.06. The number of hydrogen-bond acceptors (Lipinski definition) is 3. The highest BCUT2D eigenvalue weighted by atomic mass is 35.5. The molecule has 1 atom stereocenters. The first-order valence-corrected chi connectivity index (χ1v) is 7.85. The van der Waals surface area contributed by atoms with Crippen LogP contribution in [0.2, 0.25) is 0 Å². The van der Waals surface area contributed by atoms with Crippen LogP contribution in [0.5, 0.6) is 0 Å². The SMILES string of the molecule is CCN1CCC(Cn2c(CCl)nc3ccc(C)nc32)C1. The molecule has 0 saturated carbocycles. The van der Waals surface area contributed by atoms with Gasteiger partial charge in [-0.3, -0.25) is 0 Å². The monoisotopic (exact) mass is 292 g/mol. The van der Waals surface area contributed by atoms with Crippen molar-refractivity contribution in [1.29, 1.82) is 0 Å². The zero-order valence-corrected chi connectivity index (χ0v) is 12.9. The molecule has 0 radical (unpaired) electrons. The second-order valence-corrected chi connectivity index (χ2v) is 5.88. The standard InChI is InChI=1S/C15H21ClN4/c1-3-19-7-6-12(9-19)10-20-14(8-16)18-13-5-4-11(2)17-15(13)20/h4-5,12H,3,6-10H2,1-2H3. The first kappa shape index (κ1) is 13.8. The lowest BCUT2D eigenvalue weighted by Gasteiger charge is -2.15. The Morgan fingerprint density at radius 2 is 2.20 bits per heavy atom. The molecular weight excluding hydrogens is 272 g/mol. The van der Waals surface area contributed by atoms with E-state index in [-0.39, 0.29) is 0 Å². The summed E-state index contributed by atoms with van der Waals surface area (Å²) in [5.41, 5.74) is 2.97. The number of pyridine rings is 1. The van der Waals surface area contributed by atoms with Crippen LogP contribution >= 0.6 is 11.6 Å². The van der Waals surface area contributed by atoms with Crippen LogP contribution in [0, 0.1) is 12.8 Å². The van der Waals surface area contributed by atoms with E-state index in [0.29, 0.717) is 11.8 Å². The third-order valence-electron chi connectivity index (χ3n) is 4.19. The van der Waals surface area contributed by atoms with Crippen LogP contribution in [0.1, 0.15) is 24.9 Å². The topological polar surface area (TPSA) is 34.0 Å². The molecule has 5 heteroatoms. The maximum atomic E-state index is 6.06. The van der Waals surface area contributed by atoms with E-state index in [9.17, 15) is 0 Å². The predicted octanol–water partition coefficient (Wildman–Crippen LogP) is 2.82. The summed E-state index contributed by atoms with van der Waals surface area (Å²) in [6.45, 7) is 8.74. The van der Waals surface area contributed by atoms with Crippen molar-refractivity contribution in [3.05, 3.63) is 23.7 Å². The van der Waals surface area contributed by atoms with Gasteiger partial charge in [-0.1, -0.05) is 6.92 Å². The molecule has 3 heterocycles.